The van der Waals surface area contributed by atoms with Gasteiger partial charge in [-0.05, 0) is 71.9 Å². The van der Waals surface area contributed by atoms with Crippen molar-refractivity contribution >= 4 is 5.57 Å². The molecule has 0 spiro atoms. The van der Waals surface area contributed by atoms with Crippen LogP contribution in [0.5, 0.6) is 0 Å². The second-order valence-corrected chi connectivity index (χ2v) is 10.9. The zero-order valence-corrected chi connectivity index (χ0v) is 23.3. The first-order chi connectivity index (χ1) is 19.0. The summed E-state index contributed by atoms with van der Waals surface area (Å²) in [6.45, 7) is 6.09. The van der Waals surface area contributed by atoms with Crippen LogP contribution in [0.3, 0.4) is 0 Å². The molecule has 3 heteroatoms. The maximum Gasteiger partial charge on any atom is 0.166 e. The van der Waals surface area contributed by atoms with Crippen LogP contribution in [-0.4, -0.2) is 0 Å². The topological polar surface area (TPSA) is 0 Å². The van der Waals surface area contributed by atoms with Crippen molar-refractivity contribution in [1.82, 2.24) is 0 Å². The van der Waals surface area contributed by atoms with Crippen LogP contribution in [0, 0.1) is 23.4 Å². The van der Waals surface area contributed by atoms with Gasteiger partial charge in [0.15, 0.2) is 11.6 Å². The number of hydrogen-bond donors (Lipinski definition) is 0. The molecule has 3 aromatic carbocycles. The monoisotopic (exact) mass is 530 g/mol. The Hall–Kier alpha value is -3.07. The Balaban J connectivity index is 1.38. The van der Waals surface area contributed by atoms with E-state index in [-0.39, 0.29) is 11.4 Å². The van der Waals surface area contributed by atoms with Crippen molar-refractivity contribution in [3.05, 3.63) is 102 Å². The van der Waals surface area contributed by atoms with Crippen LogP contribution in [-0.2, 0) is 6.42 Å². The molecule has 1 unspecified atom stereocenters. The molecular formula is C36H41F3. The molecule has 4 rings (SSSR count). The predicted octanol–water partition coefficient (Wildman–Crippen LogP) is 11.5. The number of rotatable bonds is 13. The lowest BCUT2D eigenvalue weighted by Crippen LogP contribution is -2.02. The molecule has 1 aliphatic carbocycles. The zero-order valence-electron chi connectivity index (χ0n) is 23.3. The van der Waals surface area contributed by atoms with Gasteiger partial charge >= 0.3 is 0 Å². The average molecular weight is 531 g/mol. The van der Waals surface area contributed by atoms with Crippen LogP contribution in [0.1, 0.15) is 88.7 Å². The molecular weight excluding hydrogens is 489 g/mol. The Morgan fingerprint density at radius 2 is 1.36 bits per heavy atom. The lowest BCUT2D eigenvalue weighted by molar-refractivity contribution is 0.497. The maximum atomic E-state index is 15.1. The van der Waals surface area contributed by atoms with Gasteiger partial charge in [-0.2, -0.15) is 0 Å². The van der Waals surface area contributed by atoms with Crippen molar-refractivity contribution in [3.63, 3.8) is 0 Å². The van der Waals surface area contributed by atoms with Crippen LogP contribution in [0.25, 0.3) is 27.8 Å². The van der Waals surface area contributed by atoms with Gasteiger partial charge in [-0.15, -0.1) is 6.58 Å². The first-order valence-corrected chi connectivity index (χ1v) is 14.7. The lowest BCUT2D eigenvalue weighted by Gasteiger charge is -2.19. The molecule has 0 fully saturated rings. The summed E-state index contributed by atoms with van der Waals surface area (Å²) in [5.41, 5.74) is 4.55. The van der Waals surface area contributed by atoms with Crippen molar-refractivity contribution in [1.29, 1.82) is 0 Å². The Labute approximate surface area is 232 Å². The van der Waals surface area contributed by atoms with E-state index in [4.69, 9.17) is 0 Å². The first kappa shape index (κ1) is 28.9. The third-order valence-electron chi connectivity index (χ3n) is 8.09. The molecule has 0 amide bonds. The average Bonchev–Trinajstić information content (AvgIpc) is 2.97. The fraction of sp³-hybridized carbons (Fsp3) is 0.389. The van der Waals surface area contributed by atoms with Gasteiger partial charge in [0.05, 0.1) is 0 Å². The van der Waals surface area contributed by atoms with Gasteiger partial charge in [-0.25, -0.2) is 13.2 Å². The molecule has 206 valence electrons. The first-order valence-electron chi connectivity index (χ1n) is 14.7. The van der Waals surface area contributed by atoms with E-state index >= 15 is 8.78 Å². The summed E-state index contributed by atoms with van der Waals surface area (Å²) >= 11 is 0. The molecule has 0 aromatic heterocycles. The number of hydrogen-bond acceptors (Lipinski definition) is 0. The molecule has 0 bridgehead atoms. The zero-order chi connectivity index (χ0) is 27.6. The highest BCUT2D eigenvalue weighted by atomic mass is 19.2. The van der Waals surface area contributed by atoms with E-state index < -0.39 is 11.6 Å². The molecule has 0 heterocycles. The Morgan fingerprint density at radius 3 is 1.97 bits per heavy atom. The van der Waals surface area contributed by atoms with Crippen molar-refractivity contribution < 1.29 is 13.2 Å². The van der Waals surface area contributed by atoms with Gasteiger partial charge in [0, 0.05) is 11.1 Å². The SMILES string of the molecule is C=CC1CC=C(c2ccc(-c3ccc(-c4ccc(CCCCCCCCCC)c(F)c4F)cc3)c(F)c2)CC1. The molecule has 0 saturated carbocycles. The predicted molar refractivity (Wildman–Crippen MR) is 159 cm³/mol. The van der Waals surface area contributed by atoms with Crippen molar-refractivity contribution in [2.75, 3.05) is 0 Å². The largest absolute Gasteiger partial charge is 0.206 e. The van der Waals surface area contributed by atoms with Crippen LogP contribution in [0.2, 0.25) is 0 Å². The molecule has 1 atom stereocenters. The van der Waals surface area contributed by atoms with Gasteiger partial charge in [0.25, 0.3) is 0 Å². The van der Waals surface area contributed by atoms with Crippen molar-refractivity contribution in [2.45, 2.75) is 84.0 Å². The molecule has 0 saturated heterocycles. The van der Waals surface area contributed by atoms with Crippen LogP contribution < -0.4 is 0 Å². The van der Waals surface area contributed by atoms with Crippen LogP contribution in [0.4, 0.5) is 13.2 Å². The fourth-order valence-electron chi connectivity index (χ4n) is 5.56. The van der Waals surface area contributed by atoms with E-state index in [2.05, 4.69) is 19.6 Å². The lowest BCUT2D eigenvalue weighted by atomic mass is 9.86. The fourth-order valence-corrected chi connectivity index (χ4v) is 5.56. The van der Waals surface area contributed by atoms with E-state index in [0.29, 0.717) is 34.6 Å². The summed E-state index contributed by atoms with van der Waals surface area (Å²) in [5, 5.41) is 0. The summed E-state index contributed by atoms with van der Waals surface area (Å²) in [5.74, 6) is -1.34. The van der Waals surface area contributed by atoms with Gasteiger partial charge in [-0.3, -0.25) is 0 Å². The second kappa shape index (κ2) is 14.4. The third-order valence-corrected chi connectivity index (χ3v) is 8.09. The van der Waals surface area contributed by atoms with Crippen molar-refractivity contribution in [2.24, 2.45) is 5.92 Å². The second-order valence-electron chi connectivity index (χ2n) is 10.9. The van der Waals surface area contributed by atoms with E-state index in [1.807, 2.05) is 12.1 Å². The van der Waals surface area contributed by atoms with Gasteiger partial charge in [0.1, 0.15) is 5.82 Å². The minimum absolute atomic E-state index is 0.233. The molecule has 0 N–H and O–H groups in total. The summed E-state index contributed by atoms with van der Waals surface area (Å²) in [4.78, 5) is 0. The van der Waals surface area contributed by atoms with Crippen molar-refractivity contribution in [3.8, 4) is 22.3 Å². The number of allylic oxidation sites excluding steroid dienone is 3. The summed E-state index contributed by atoms with van der Waals surface area (Å²) in [7, 11) is 0. The molecule has 3 aromatic rings. The van der Waals surface area contributed by atoms with E-state index in [1.54, 1.807) is 48.5 Å². The van der Waals surface area contributed by atoms with Gasteiger partial charge < -0.3 is 0 Å². The number of unbranched alkanes of at least 4 members (excludes halogenated alkanes) is 7. The minimum atomic E-state index is -0.810. The summed E-state index contributed by atoms with van der Waals surface area (Å²) < 4.78 is 45.0. The standard InChI is InChI=1S/C36H41F3/c1-3-5-6-7-8-9-10-11-12-30-21-24-33(36(39)35(30)38)29-19-17-28(18-20-29)32-23-22-31(25-34(32)37)27-15-13-26(4-2)14-16-27/h4,15,17-26H,2-3,5-14,16H2,1H3. The Morgan fingerprint density at radius 1 is 0.744 bits per heavy atom. The molecule has 39 heavy (non-hydrogen) atoms. The smallest absolute Gasteiger partial charge is 0.166 e. The quantitative estimate of drug-likeness (QED) is 0.152. The maximum absolute atomic E-state index is 15.1. The summed E-state index contributed by atoms with van der Waals surface area (Å²) in [6, 6.07) is 15.8. The highest BCUT2D eigenvalue weighted by Crippen LogP contribution is 2.34. The Kier molecular flexibility index (Phi) is 10.6. The number of benzene rings is 3. The van der Waals surface area contributed by atoms with E-state index in [0.717, 1.165) is 44.1 Å². The highest BCUT2D eigenvalue weighted by molar-refractivity contribution is 5.74. The molecule has 0 nitrogen and oxygen atoms in total. The minimum Gasteiger partial charge on any atom is -0.206 e. The normalized spacial score (nSPS) is 15.3. The molecule has 0 aliphatic heterocycles. The van der Waals surface area contributed by atoms with Gasteiger partial charge in [-0.1, -0.05) is 113 Å². The van der Waals surface area contributed by atoms with Crippen LogP contribution in [0.15, 0.2) is 73.3 Å². The number of halogens is 3. The van der Waals surface area contributed by atoms with E-state index in [1.165, 1.54) is 37.7 Å². The highest BCUT2D eigenvalue weighted by Gasteiger charge is 2.17. The van der Waals surface area contributed by atoms with Gasteiger partial charge in [0.2, 0.25) is 0 Å². The third kappa shape index (κ3) is 7.53. The summed E-state index contributed by atoms with van der Waals surface area (Å²) in [6.07, 6.45) is 17.0. The van der Waals surface area contributed by atoms with Crippen LogP contribution >= 0.6 is 0 Å². The van der Waals surface area contributed by atoms with E-state index in [9.17, 15) is 4.39 Å². The Bertz CT molecular complexity index is 1270. The molecule has 1 aliphatic rings. The number of aryl methyl sites for hydroxylation is 1. The molecule has 0 radical (unpaired) electrons.